The second-order valence-electron chi connectivity index (χ2n) is 6.68. The number of amides is 2. The topological polar surface area (TPSA) is 78.9 Å². The number of anilines is 1. The number of hydrogen-bond donors (Lipinski definition) is 2. The summed E-state index contributed by atoms with van der Waals surface area (Å²) in [5.74, 6) is -5.81. The van der Waals surface area contributed by atoms with Gasteiger partial charge in [0.1, 0.15) is 11.6 Å². The number of nitrogens with zero attached hydrogens (tertiary/aromatic N) is 1. The first-order valence-corrected chi connectivity index (χ1v) is 9.10. The van der Waals surface area contributed by atoms with Gasteiger partial charge in [0.25, 0.3) is 11.7 Å². The Labute approximate surface area is 177 Å². The third-order valence-electron chi connectivity index (χ3n) is 4.44. The van der Waals surface area contributed by atoms with Crippen LogP contribution in [0.4, 0.5) is 32.4 Å². The summed E-state index contributed by atoms with van der Waals surface area (Å²) in [6, 6.07) is 4.96. The summed E-state index contributed by atoms with van der Waals surface area (Å²) in [7, 11) is 0. The van der Waals surface area contributed by atoms with Crippen LogP contribution < -0.4 is 10.2 Å². The lowest BCUT2D eigenvalue weighted by Gasteiger charge is -2.23. The lowest BCUT2D eigenvalue weighted by Crippen LogP contribution is -2.46. The van der Waals surface area contributed by atoms with Crippen LogP contribution in [0.1, 0.15) is 17.5 Å². The van der Waals surface area contributed by atoms with Crippen molar-refractivity contribution < 1.29 is 41.4 Å². The highest BCUT2D eigenvalue weighted by atomic mass is 35.5. The molecule has 3 rings (SSSR count). The van der Waals surface area contributed by atoms with E-state index in [9.17, 15) is 36.6 Å². The average Bonchev–Trinajstić information content (AvgIpc) is 2.93. The van der Waals surface area contributed by atoms with Crippen LogP contribution in [0.15, 0.2) is 36.4 Å². The second-order valence-corrected chi connectivity index (χ2v) is 7.11. The number of carbonyl (C=O) groups is 2. The number of nitrogens with one attached hydrogen (secondary N) is 1. The van der Waals surface area contributed by atoms with Crippen molar-refractivity contribution in [2.75, 3.05) is 11.4 Å². The molecule has 1 heterocycles. The first-order valence-electron chi connectivity index (χ1n) is 8.72. The lowest BCUT2D eigenvalue weighted by atomic mass is 10.1. The molecule has 1 aliphatic rings. The van der Waals surface area contributed by atoms with E-state index >= 15 is 0 Å². The van der Waals surface area contributed by atoms with E-state index in [1.54, 1.807) is 0 Å². The van der Waals surface area contributed by atoms with Crippen molar-refractivity contribution in [3.8, 4) is 0 Å². The minimum absolute atomic E-state index is 0.0773. The Morgan fingerprint density at radius 2 is 1.94 bits per heavy atom. The quantitative estimate of drug-likeness (QED) is 0.530. The van der Waals surface area contributed by atoms with Crippen molar-refractivity contribution in [2.24, 2.45) is 0 Å². The summed E-state index contributed by atoms with van der Waals surface area (Å²) in [6.07, 6.45) is -6.55. The lowest BCUT2D eigenvalue weighted by molar-refractivity contribution is -0.175. The molecule has 0 saturated carbocycles. The van der Waals surface area contributed by atoms with Gasteiger partial charge in [-0.1, -0.05) is 11.6 Å². The predicted molar refractivity (Wildman–Crippen MR) is 98.1 cm³/mol. The first-order chi connectivity index (χ1) is 14.4. The maximum Gasteiger partial charge on any atom is 0.416 e. The van der Waals surface area contributed by atoms with Gasteiger partial charge in [0.2, 0.25) is 0 Å². The van der Waals surface area contributed by atoms with E-state index in [1.165, 1.54) is 6.07 Å². The number of benzene rings is 2. The molecule has 0 aliphatic carbocycles. The molecule has 0 aromatic heterocycles. The highest BCUT2D eigenvalue weighted by Gasteiger charge is 2.50. The molecular formula is C19H14ClF5N2O4. The van der Waals surface area contributed by atoms with Crippen molar-refractivity contribution in [2.45, 2.75) is 24.9 Å². The Kier molecular flexibility index (Phi) is 6.10. The predicted octanol–water partition coefficient (Wildman–Crippen LogP) is 3.99. The molecule has 1 fully saturated rings. The van der Waals surface area contributed by atoms with Gasteiger partial charge in [0.15, 0.2) is 0 Å². The molecule has 1 saturated heterocycles. The summed E-state index contributed by atoms with van der Waals surface area (Å²) in [5.41, 5.74) is -1.65. The summed E-state index contributed by atoms with van der Waals surface area (Å²) >= 11 is 5.70. The number of hydrogen-bond acceptors (Lipinski definition) is 4. The van der Waals surface area contributed by atoms with Crippen LogP contribution >= 0.6 is 11.6 Å². The molecule has 2 amide bonds. The normalized spacial score (nSPS) is 18.9. The van der Waals surface area contributed by atoms with Crippen molar-refractivity contribution >= 4 is 29.3 Å². The van der Waals surface area contributed by atoms with Crippen molar-refractivity contribution in [1.82, 2.24) is 5.32 Å². The second kappa shape index (κ2) is 8.31. The van der Waals surface area contributed by atoms with E-state index in [0.29, 0.717) is 23.1 Å². The largest absolute Gasteiger partial charge is 0.416 e. The summed E-state index contributed by atoms with van der Waals surface area (Å²) in [5, 5.41) is 12.6. The minimum Gasteiger partial charge on any atom is -0.407 e. The molecule has 2 aromatic rings. The van der Waals surface area contributed by atoms with E-state index in [1.807, 2.05) is 0 Å². The van der Waals surface area contributed by atoms with E-state index < -0.39 is 59.8 Å². The number of aliphatic hydroxyl groups is 1. The molecule has 1 atom stereocenters. The monoisotopic (exact) mass is 464 g/mol. The van der Waals surface area contributed by atoms with Gasteiger partial charge in [-0.3, -0.25) is 4.79 Å². The van der Waals surface area contributed by atoms with Crippen molar-refractivity contribution in [1.29, 1.82) is 0 Å². The van der Waals surface area contributed by atoms with Gasteiger partial charge >= 0.3 is 12.3 Å². The number of halogens is 6. The molecule has 2 aromatic carbocycles. The standard InChI is InChI=1S/C19H14ClF5N2O4/c20-12-5-10(6-13(21)8-12)9-26-17(29)31-18(30)3-4-27(16(18)28)15-7-11(19(23,24)25)1-2-14(15)22/h1-2,5-8,30H,3-4,9H2,(H,26,29)/t18-/m1/s1. The number of ether oxygens (including phenoxy) is 1. The minimum atomic E-state index is -4.78. The molecule has 166 valence electrons. The van der Waals surface area contributed by atoms with Gasteiger partial charge in [-0.25, -0.2) is 13.6 Å². The molecule has 0 radical (unpaired) electrons. The third kappa shape index (κ3) is 5.05. The molecule has 2 N–H and O–H groups in total. The van der Waals surface area contributed by atoms with Crippen LogP contribution in [0.2, 0.25) is 5.02 Å². The molecule has 0 unspecified atom stereocenters. The first kappa shape index (κ1) is 22.8. The Hall–Kier alpha value is -2.92. The maximum absolute atomic E-state index is 14.1. The van der Waals surface area contributed by atoms with Gasteiger partial charge in [0, 0.05) is 24.5 Å². The summed E-state index contributed by atoms with van der Waals surface area (Å²) in [6.45, 7) is -0.660. The molecule has 31 heavy (non-hydrogen) atoms. The Morgan fingerprint density at radius 3 is 2.58 bits per heavy atom. The fourth-order valence-electron chi connectivity index (χ4n) is 2.98. The smallest absolute Gasteiger partial charge is 0.407 e. The highest BCUT2D eigenvalue weighted by molar-refractivity contribution is 6.30. The van der Waals surface area contributed by atoms with Crippen molar-refractivity contribution in [3.63, 3.8) is 0 Å². The fourth-order valence-corrected chi connectivity index (χ4v) is 3.22. The molecule has 6 nitrogen and oxygen atoms in total. The van der Waals surface area contributed by atoms with Gasteiger partial charge in [-0.2, -0.15) is 13.2 Å². The Bertz CT molecular complexity index is 1010. The van der Waals surface area contributed by atoms with Crippen LogP contribution in [-0.2, 0) is 22.3 Å². The maximum atomic E-state index is 14.1. The van der Waals surface area contributed by atoms with Crippen LogP contribution in [0.25, 0.3) is 0 Å². The van der Waals surface area contributed by atoms with E-state index in [4.69, 9.17) is 16.3 Å². The fraction of sp³-hybridized carbons (Fsp3) is 0.263. The van der Waals surface area contributed by atoms with E-state index in [0.717, 1.165) is 12.1 Å². The van der Waals surface area contributed by atoms with E-state index in [-0.39, 0.29) is 17.1 Å². The van der Waals surface area contributed by atoms with Crippen molar-refractivity contribution in [3.05, 3.63) is 64.2 Å². The Morgan fingerprint density at radius 1 is 1.23 bits per heavy atom. The zero-order chi connectivity index (χ0) is 23.0. The zero-order valence-corrected chi connectivity index (χ0v) is 16.2. The van der Waals surface area contributed by atoms with Gasteiger partial charge in [-0.05, 0) is 42.0 Å². The number of alkyl halides is 3. The molecule has 0 bridgehead atoms. The summed E-state index contributed by atoms with van der Waals surface area (Å²) < 4.78 is 70.8. The number of rotatable bonds is 4. The van der Waals surface area contributed by atoms with Crippen LogP contribution in [0.5, 0.6) is 0 Å². The van der Waals surface area contributed by atoms with Crippen LogP contribution in [0, 0.1) is 11.6 Å². The Balaban J connectivity index is 1.70. The average molecular weight is 465 g/mol. The summed E-state index contributed by atoms with van der Waals surface area (Å²) in [4.78, 5) is 25.0. The molecule has 12 heteroatoms. The van der Waals surface area contributed by atoms with Gasteiger partial charge in [-0.15, -0.1) is 0 Å². The highest BCUT2D eigenvalue weighted by Crippen LogP contribution is 2.36. The SMILES string of the molecule is O=C(NCc1cc(F)cc(Cl)c1)O[C@]1(O)CCN(c2cc(C(F)(F)F)ccc2F)C1=O. The van der Waals surface area contributed by atoms with E-state index in [2.05, 4.69) is 5.32 Å². The van der Waals surface area contributed by atoms with Gasteiger partial charge < -0.3 is 20.1 Å². The number of alkyl carbamates (subject to hydrolysis) is 1. The van der Waals surface area contributed by atoms with Crippen LogP contribution in [0.3, 0.4) is 0 Å². The zero-order valence-electron chi connectivity index (χ0n) is 15.5. The van der Waals surface area contributed by atoms with Gasteiger partial charge in [0.05, 0.1) is 11.3 Å². The molecule has 1 aliphatic heterocycles. The number of carbonyl (C=O) groups excluding carboxylic acids is 2. The molecule has 0 spiro atoms. The third-order valence-corrected chi connectivity index (χ3v) is 4.66. The van der Waals surface area contributed by atoms with Crippen LogP contribution in [-0.4, -0.2) is 29.4 Å². The molecular weight excluding hydrogens is 451 g/mol.